The van der Waals surface area contributed by atoms with Crippen LogP contribution in [0.3, 0.4) is 0 Å². The average Bonchev–Trinajstić information content (AvgIpc) is 2.62. The number of nitrogens with zero attached hydrogens (tertiary/aromatic N) is 1. The molecule has 2 rings (SSSR count). The largest absolute Gasteiger partial charge is 0.481 e. The zero-order chi connectivity index (χ0) is 10.7. The van der Waals surface area contributed by atoms with Crippen molar-refractivity contribution in [3.63, 3.8) is 0 Å². The Labute approximate surface area is 91.5 Å². The van der Waals surface area contributed by atoms with Crippen LogP contribution in [0.4, 0.5) is 0 Å². The number of aliphatic carboxylic acids is 1. The molecule has 0 aromatic heterocycles. The molecule has 0 amide bonds. The van der Waals surface area contributed by atoms with Crippen LogP contribution in [0.15, 0.2) is 0 Å². The summed E-state index contributed by atoms with van der Waals surface area (Å²) in [5, 5.41) is 9.00. The molecule has 0 aromatic carbocycles. The molecule has 3 heteroatoms. The van der Waals surface area contributed by atoms with Crippen molar-refractivity contribution in [1.29, 1.82) is 0 Å². The first-order valence-corrected chi connectivity index (χ1v) is 6.24. The maximum Gasteiger partial charge on any atom is 0.306 e. The minimum atomic E-state index is -0.586. The van der Waals surface area contributed by atoms with Crippen LogP contribution in [0, 0.1) is 5.92 Å². The molecule has 3 nitrogen and oxygen atoms in total. The first kappa shape index (κ1) is 10.9. The van der Waals surface area contributed by atoms with E-state index in [1.165, 1.54) is 32.4 Å². The van der Waals surface area contributed by atoms with Gasteiger partial charge in [0.05, 0.1) is 5.92 Å². The van der Waals surface area contributed by atoms with Crippen molar-refractivity contribution in [1.82, 2.24) is 4.90 Å². The lowest BCUT2D eigenvalue weighted by atomic mass is 10.0. The Morgan fingerprint density at radius 3 is 2.40 bits per heavy atom. The molecule has 1 aliphatic heterocycles. The normalized spacial score (nSPS) is 33.9. The molecule has 0 radical (unpaired) electrons. The second-order valence-corrected chi connectivity index (χ2v) is 4.94. The molecule has 0 aromatic rings. The summed E-state index contributed by atoms with van der Waals surface area (Å²) in [5.41, 5.74) is 0. The van der Waals surface area contributed by atoms with E-state index >= 15 is 0 Å². The van der Waals surface area contributed by atoms with E-state index in [-0.39, 0.29) is 5.92 Å². The van der Waals surface area contributed by atoms with E-state index in [1.54, 1.807) is 0 Å². The molecule has 15 heavy (non-hydrogen) atoms. The molecule has 1 saturated heterocycles. The second kappa shape index (κ2) is 4.97. The van der Waals surface area contributed by atoms with Crippen molar-refractivity contribution in [2.24, 2.45) is 5.92 Å². The molecule has 1 aliphatic carbocycles. The summed E-state index contributed by atoms with van der Waals surface area (Å²) in [5.74, 6) is -0.658. The minimum Gasteiger partial charge on any atom is -0.481 e. The van der Waals surface area contributed by atoms with Gasteiger partial charge in [0.1, 0.15) is 0 Å². The van der Waals surface area contributed by atoms with Gasteiger partial charge in [-0.05, 0) is 51.6 Å². The first-order chi connectivity index (χ1) is 7.27. The topological polar surface area (TPSA) is 40.5 Å². The van der Waals surface area contributed by atoms with Gasteiger partial charge in [0.15, 0.2) is 0 Å². The van der Waals surface area contributed by atoms with Crippen LogP contribution in [-0.2, 0) is 4.79 Å². The molecule has 1 heterocycles. The van der Waals surface area contributed by atoms with Gasteiger partial charge < -0.3 is 10.0 Å². The summed E-state index contributed by atoms with van der Waals surface area (Å²) in [6, 6.07) is 0.678. The van der Waals surface area contributed by atoms with Gasteiger partial charge in [-0.3, -0.25) is 4.79 Å². The second-order valence-electron chi connectivity index (χ2n) is 4.94. The zero-order valence-corrected chi connectivity index (χ0v) is 9.32. The van der Waals surface area contributed by atoms with Crippen LogP contribution in [0.25, 0.3) is 0 Å². The molecule has 2 aliphatic rings. The Bertz CT molecular complexity index is 224. The van der Waals surface area contributed by atoms with E-state index in [1.807, 2.05) is 0 Å². The average molecular weight is 211 g/mol. The molecule has 86 valence electrons. The Morgan fingerprint density at radius 1 is 1.00 bits per heavy atom. The van der Waals surface area contributed by atoms with Crippen molar-refractivity contribution >= 4 is 5.97 Å². The summed E-state index contributed by atoms with van der Waals surface area (Å²) in [6.07, 6.45) is 7.84. The predicted molar refractivity (Wildman–Crippen MR) is 58.8 cm³/mol. The van der Waals surface area contributed by atoms with Gasteiger partial charge >= 0.3 is 5.97 Å². The number of rotatable bonds is 2. The molecule has 0 bridgehead atoms. The predicted octanol–water partition coefficient (Wildman–Crippen LogP) is 2.12. The highest BCUT2D eigenvalue weighted by Crippen LogP contribution is 2.28. The fraction of sp³-hybridized carbons (Fsp3) is 0.917. The fourth-order valence-corrected chi connectivity index (χ4v) is 3.00. The summed E-state index contributed by atoms with van der Waals surface area (Å²) in [7, 11) is 0. The summed E-state index contributed by atoms with van der Waals surface area (Å²) in [6.45, 7) is 2.48. The molecular formula is C12H21NO2. The SMILES string of the molecule is O=C(O)C1CCCC(N2CCCC2)CC1. The van der Waals surface area contributed by atoms with E-state index < -0.39 is 5.97 Å². The summed E-state index contributed by atoms with van der Waals surface area (Å²) < 4.78 is 0. The number of carboxylic acid groups (broad SMARTS) is 1. The van der Waals surface area contributed by atoms with Gasteiger partial charge in [-0.2, -0.15) is 0 Å². The van der Waals surface area contributed by atoms with Gasteiger partial charge in [0.25, 0.3) is 0 Å². The van der Waals surface area contributed by atoms with Gasteiger partial charge in [-0.15, -0.1) is 0 Å². The molecule has 2 fully saturated rings. The van der Waals surface area contributed by atoms with Crippen molar-refractivity contribution in [2.45, 2.75) is 51.0 Å². The van der Waals surface area contributed by atoms with Crippen LogP contribution < -0.4 is 0 Å². The van der Waals surface area contributed by atoms with Crippen molar-refractivity contribution in [3.8, 4) is 0 Å². The Balaban J connectivity index is 1.86. The van der Waals surface area contributed by atoms with Crippen molar-refractivity contribution < 1.29 is 9.90 Å². The number of carboxylic acids is 1. The molecular weight excluding hydrogens is 190 g/mol. The van der Waals surface area contributed by atoms with E-state index in [9.17, 15) is 4.79 Å². The highest BCUT2D eigenvalue weighted by Gasteiger charge is 2.27. The maximum atomic E-state index is 10.9. The van der Waals surface area contributed by atoms with Gasteiger partial charge in [-0.25, -0.2) is 0 Å². The molecule has 1 saturated carbocycles. The molecule has 2 unspecified atom stereocenters. The quantitative estimate of drug-likeness (QED) is 0.711. The summed E-state index contributed by atoms with van der Waals surface area (Å²) >= 11 is 0. The van der Waals surface area contributed by atoms with E-state index in [2.05, 4.69) is 4.90 Å². The van der Waals surface area contributed by atoms with Crippen LogP contribution in [0.5, 0.6) is 0 Å². The number of hydrogen-bond acceptors (Lipinski definition) is 2. The Hall–Kier alpha value is -0.570. The molecule has 1 N–H and O–H groups in total. The Morgan fingerprint density at radius 2 is 1.73 bits per heavy atom. The number of hydrogen-bond donors (Lipinski definition) is 1. The third-order valence-corrected chi connectivity index (χ3v) is 3.94. The molecule has 0 spiro atoms. The third-order valence-electron chi connectivity index (χ3n) is 3.94. The van der Waals surface area contributed by atoms with Crippen LogP contribution in [0.1, 0.15) is 44.9 Å². The summed E-state index contributed by atoms with van der Waals surface area (Å²) in [4.78, 5) is 13.5. The Kier molecular flexibility index (Phi) is 3.62. The molecule has 2 atom stereocenters. The number of likely N-dealkylation sites (tertiary alicyclic amines) is 1. The van der Waals surface area contributed by atoms with Crippen LogP contribution in [0.2, 0.25) is 0 Å². The van der Waals surface area contributed by atoms with Gasteiger partial charge in [-0.1, -0.05) is 6.42 Å². The van der Waals surface area contributed by atoms with Crippen molar-refractivity contribution in [2.75, 3.05) is 13.1 Å². The lowest BCUT2D eigenvalue weighted by molar-refractivity contribution is -0.142. The van der Waals surface area contributed by atoms with Gasteiger partial charge in [0.2, 0.25) is 0 Å². The lowest BCUT2D eigenvalue weighted by Crippen LogP contribution is -2.32. The van der Waals surface area contributed by atoms with Crippen LogP contribution in [-0.4, -0.2) is 35.1 Å². The first-order valence-electron chi connectivity index (χ1n) is 6.24. The van der Waals surface area contributed by atoms with E-state index in [4.69, 9.17) is 5.11 Å². The number of carbonyl (C=O) groups is 1. The smallest absolute Gasteiger partial charge is 0.306 e. The zero-order valence-electron chi connectivity index (χ0n) is 9.32. The monoisotopic (exact) mass is 211 g/mol. The minimum absolute atomic E-state index is 0.0717. The van der Waals surface area contributed by atoms with E-state index in [0.29, 0.717) is 6.04 Å². The fourth-order valence-electron chi connectivity index (χ4n) is 3.00. The van der Waals surface area contributed by atoms with Crippen LogP contribution >= 0.6 is 0 Å². The highest BCUT2D eigenvalue weighted by molar-refractivity contribution is 5.69. The lowest BCUT2D eigenvalue weighted by Gasteiger charge is -2.26. The van der Waals surface area contributed by atoms with Gasteiger partial charge in [0, 0.05) is 6.04 Å². The third kappa shape index (κ3) is 2.71. The standard InChI is InChI=1S/C12H21NO2/c14-12(15)10-4-3-5-11(7-6-10)13-8-1-2-9-13/h10-11H,1-9H2,(H,14,15). The van der Waals surface area contributed by atoms with E-state index in [0.717, 1.165) is 25.7 Å². The van der Waals surface area contributed by atoms with Crippen molar-refractivity contribution in [3.05, 3.63) is 0 Å². The maximum absolute atomic E-state index is 10.9. The highest BCUT2D eigenvalue weighted by atomic mass is 16.4.